The van der Waals surface area contributed by atoms with Gasteiger partial charge in [0.05, 0.1) is 19.3 Å². The van der Waals surface area contributed by atoms with Crippen LogP contribution in [0.25, 0.3) is 0 Å². The fourth-order valence-electron chi connectivity index (χ4n) is 1.39. The fourth-order valence-corrected chi connectivity index (χ4v) is 1.39. The number of primary amides is 1. The van der Waals surface area contributed by atoms with Gasteiger partial charge in [-0.15, -0.1) is 0 Å². The summed E-state index contributed by atoms with van der Waals surface area (Å²) in [4.78, 5) is 23.9. The van der Waals surface area contributed by atoms with Crippen molar-refractivity contribution >= 4 is 11.8 Å². The maximum Gasteiger partial charge on any atom is 0.234 e. The molecule has 6 heteroatoms. The topological polar surface area (TPSA) is 98.7 Å². The van der Waals surface area contributed by atoms with E-state index in [1.165, 1.54) is 0 Å². The Morgan fingerprint density at radius 2 is 1.93 bits per heavy atom. The zero-order chi connectivity index (χ0) is 11.3. The molecule has 6 nitrogen and oxygen atoms in total. The van der Waals surface area contributed by atoms with Crippen LogP contribution in [-0.2, 0) is 14.3 Å². The molecular weight excluding hydrogens is 198 g/mol. The van der Waals surface area contributed by atoms with E-state index in [4.69, 9.17) is 16.2 Å². The predicted molar refractivity (Wildman–Crippen MR) is 53.8 cm³/mol. The van der Waals surface area contributed by atoms with E-state index in [2.05, 4.69) is 0 Å². The first kappa shape index (κ1) is 11.9. The fraction of sp³-hybridized carbons (Fsp3) is 0.778. The Labute approximate surface area is 88.5 Å². The summed E-state index contributed by atoms with van der Waals surface area (Å²) in [6.07, 6.45) is 0.579. The van der Waals surface area contributed by atoms with Gasteiger partial charge < -0.3 is 21.1 Å². The Hall–Kier alpha value is -1.14. The summed E-state index contributed by atoms with van der Waals surface area (Å²) >= 11 is 0. The average Bonchev–Trinajstić information content (AvgIpc) is 2.26. The van der Waals surface area contributed by atoms with E-state index in [9.17, 15) is 9.59 Å². The minimum Gasteiger partial charge on any atom is -0.378 e. The van der Waals surface area contributed by atoms with E-state index in [-0.39, 0.29) is 12.3 Å². The van der Waals surface area contributed by atoms with Crippen LogP contribution < -0.4 is 11.5 Å². The number of carbonyl (C=O) groups is 2. The third-order valence-corrected chi connectivity index (χ3v) is 2.40. The molecule has 0 saturated carbocycles. The summed E-state index contributed by atoms with van der Waals surface area (Å²) in [5.74, 6) is -0.556. The second kappa shape index (κ2) is 5.67. The summed E-state index contributed by atoms with van der Waals surface area (Å²) < 4.78 is 5.12. The zero-order valence-corrected chi connectivity index (χ0v) is 8.65. The lowest BCUT2D eigenvalue weighted by molar-refractivity contribution is -0.135. The first-order chi connectivity index (χ1) is 7.11. The molecule has 0 radical (unpaired) electrons. The van der Waals surface area contributed by atoms with Gasteiger partial charge in [-0.2, -0.15) is 0 Å². The molecule has 15 heavy (non-hydrogen) atoms. The maximum absolute atomic E-state index is 11.6. The largest absolute Gasteiger partial charge is 0.378 e. The first-order valence-electron chi connectivity index (χ1n) is 5.01. The first-order valence-corrected chi connectivity index (χ1v) is 5.01. The van der Waals surface area contributed by atoms with Gasteiger partial charge in [-0.3, -0.25) is 9.59 Å². The molecule has 0 aromatic rings. The van der Waals surface area contributed by atoms with Crippen LogP contribution in [0.2, 0.25) is 0 Å². The Morgan fingerprint density at radius 1 is 1.33 bits per heavy atom. The van der Waals surface area contributed by atoms with E-state index < -0.39 is 11.9 Å². The normalized spacial score (nSPS) is 18.6. The van der Waals surface area contributed by atoms with Crippen LogP contribution in [0.5, 0.6) is 0 Å². The summed E-state index contributed by atoms with van der Waals surface area (Å²) in [5.41, 5.74) is 10.4. The van der Waals surface area contributed by atoms with Crippen molar-refractivity contribution < 1.29 is 14.3 Å². The number of rotatable bonds is 4. The van der Waals surface area contributed by atoms with Gasteiger partial charge in [0, 0.05) is 19.5 Å². The highest BCUT2D eigenvalue weighted by Crippen LogP contribution is 2.03. The van der Waals surface area contributed by atoms with Gasteiger partial charge in [0.15, 0.2) is 0 Å². The predicted octanol–water partition coefficient (Wildman–Crippen LogP) is -1.56. The lowest BCUT2D eigenvalue weighted by atomic mass is 10.1. The van der Waals surface area contributed by atoms with Gasteiger partial charge in [0.2, 0.25) is 11.8 Å². The van der Waals surface area contributed by atoms with Gasteiger partial charge in [0.1, 0.15) is 0 Å². The standard InChI is InChI=1S/C9H17N3O3/c10-7(9(11)14)1-2-8(13)12-3-5-15-6-4-12/h7H,1-6,10H2,(H2,11,14). The molecule has 1 aliphatic heterocycles. The highest BCUT2D eigenvalue weighted by atomic mass is 16.5. The molecule has 0 aromatic heterocycles. The van der Waals surface area contributed by atoms with Crippen LogP contribution in [0.4, 0.5) is 0 Å². The second-order valence-corrected chi connectivity index (χ2v) is 3.54. The molecule has 2 amide bonds. The number of nitrogens with zero attached hydrogens (tertiary/aromatic N) is 1. The molecule has 1 saturated heterocycles. The summed E-state index contributed by atoms with van der Waals surface area (Å²) in [5, 5.41) is 0. The van der Waals surface area contributed by atoms with Crippen LogP contribution in [0.3, 0.4) is 0 Å². The number of carbonyl (C=O) groups excluding carboxylic acids is 2. The highest BCUT2D eigenvalue weighted by Gasteiger charge is 2.18. The van der Waals surface area contributed by atoms with E-state index in [0.29, 0.717) is 32.7 Å². The molecule has 1 heterocycles. The van der Waals surface area contributed by atoms with Crippen molar-refractivity contribution in [3.8, 4) is 0 Å². The third kappa shape index (κ3) is 3.85. The molecule has 1 fully saturated rings. The summed E-state index contributed by atoms with van der Waals surface area (Å²) in [6.45, 7) is 2.39. The number of hydrogen-bond donors (Lipinski definition) is 2. The smallest absolute Gasteiger partial charge is 0.234 e. The quantitative estimate of drug-likeness (QED) is 0.592. The minimum absolute atomic E-state index is 0.00926. The van der Waals surface area contributed by atoms with Crippen LogP contribution in [0, 0.1) is 0 Å². The van der Waals surface area contributed by atoms with Crippen molar-refractivity contribution in [1.82, 2.24) is 4.90 Å². The number of morpholine rings is 1. The number of nitrogens with two attached hydrogens (primary N) is 2. The van der Waals surface area contributed by atoms with Crippen LogP contribution in [0.15, 0.2) is 0 Å². The van der Waals surface area contributed by atoms with Crippen LogP contribution >= 0.6 is 0 Å². The second-order valence-electron chi connectivity index (χ2n) is 3.54. The van der Waals surface area contributed by atoms with Gasteiger partial charge in [0.25, 0.3) is 0 Å². The van der Waals surface area contributed by atoms with E-state index >= 15 is 0 Å². The zero-order valence-electron chi connectivity index (χ0n) is 8.65. The Balaban J connectivity index is 2.25. The van der Waals surface area contributed by atoms with Crippen LogP contribution in [-0.4, -0.2) is 49.1 Å². The maximum atomic E-state index is 11.6. The van der Waals surface area contributed by atoms with Crippen molar-refractivity contribution in [2.24, 2.45) is 11.5 Å². The lowest BCUT2D eigenvalue weighted by Crippen LogP contribution is -2.42. The average molecular weight is 215 g/mol. The number of amides is 2. The highest BCUT2D eigenvalue weighted by molar-refractivity contribution is 5.81. The minimum atomic E-state index is -0.727. The van der Waals surface area contributed by atoms with E-state index in [1.807, 2.05) is 0 Å². The van der Waals surface area contributed by atoms with Crippen molar-refractivity contribution in [3.05, 3.63) is 0 Å². The van der Waals surface area contributed by atoms with Crippen LogP contribution in [0.1, 0.15) is 12.8 Å². The lowest BCUT2D eigenvalue weighted by Gasteiger charge is -2.27. The van der Waals surface area contributed by atoms with Gasteiger partial charge >= 0.3 is 0 Å². The Morgan fingerprint density at radius 3 is 2.47 bits per heavy atom. The van der Waals surface area contributed by atoms with E-state index in [1.54, 1.807) is 4.90 Å². The van der Waals surface area contributed by atoms with Crippen molar-refractivity contribution in [3.63, 3.8) is 0 Å². The Bertz CT molecular complexity index is 239. The van der Waals surface area contributed by atoms with Gasteiger partial charge in [-0.25, -0.2) is 0 Å². The summed E-state index contributed by atoms with van der Waals surface area (Å²) in [6, 6.07) is -0.727. The number of hydrogen-bond acceptors (Lipinski definition) is 4. The molecule has 0 aliphatic carbocycles. The monoisotopic (exact) mass is 215 g/mol. The molecule has 0 aromatic carbocycles. The molecule has 0 bridgehead atoms. The summed E-state index contributed by atoms with van der Waals surface area (Å²) in [7, 11) is 0. The van der Waals surface area contributed by atoms with Gasteiger partial charge in [-0.1, -0.05) is 0 Å². The molecule has 1 atom stereocenters. The molecule has 0 spiro atoms. The SMILES string of the molecule is NC(=O)C(N)CCC(=O)N1CCOCC1. The van der Waals surface area contributed by atoms with Crippen molar-refractivity contribution in [2.45, 2.75) is 18.9 Å². The molecule has 86 valence electrons. The molecule has 1 rings (SSSR count). The Kier molecular flexibility index (Phi) is 4.51. The molecule has 4 N–H and O–H groups in total. The van der Waals surface area contributed by atoms with Gasteiger partial charge in [-0.05, 0) is 6.42 Å². The molecule has 1 unspecified atom stereocenters. The van der Waals surface area contributed by atoms with Crippen molar-refractivity contribution in [1.29, 1.82) is 0 Å². The van der Waals surface area contributed by atoms with E-state index in [0.717, 1.165) is 0 Å². The molecule has 1 aliphatic rings. The number of ether oxygens (including phenoxy) is 1. The molecular formula is C9H17N3O3. The van der Waals surface area contributed by atoms with Crippen molar-refractivity contribution in [2.75, 3.05) is 26.3 Å². The third-order valence-electron chi connectivity index (χ3n) is 2.40.